The highest BCUT2D eigenvalue weighted by Crippen LogP contribution is 2.36. The van der Waals surface area contributed by atoms with Crippen molar-refractivity contribution in [3.63, 3.8) is 0 Å². The summed E-state index contributed by atoms with van der Waals surface area (Å²) in [5.74, 6) is 0.865. The number of hydrogen-bond donors (Lipinski definition) is 1. The van der Waals surface area contributed by atoms with E-state index >= 15 is 0 Å². The normalized spacial score (nSPS) is 19.4. The molecule has 1 unspecified atom stereocenters. The van der Waals surface area contributed by atoms with E-state index in [1.165, 1.54) is 0 Å². The predicted octanol–water partition coefficient (Wildman–Crippen LogP) is 4.77. The van der Waals surface area contributed by atoms with Gasteiger partial charge in [0.15, 0.2) is 0 Å². The number of rotatable bonds is 9. The van der Waals surface area contributed by atoms with Crippen molar-refractivity contribution in [1.82, 2.24) is 24.8 Å². The molecular weight excluding hydrogens is 508 g/mol. The Hall–Kier alpha value is -3.68. The van der Waals surface area contributed by atoms with E-state index in [1.54, 1.807) is 16.9 Å². The second-order valence-electron chi connectivity index (χ2n) is 11.4. The van der Waals surface area contributed by atoms with Gasteiger partial charge in [0.05, 0.1) is 48.8 Å². The number of carbonyl (C=O) groups is 1. The molecule has 4 rings (SSSR count). The summed E-state index contributed by atoms with van der Waals surface area (Å²) >= 11 is 0. The summed E-state index contributed by atoms with van der Waals surface area (Å²) in [5.41, 5.74) is 3.36. The Morgan fingerprint density at radius 3 is 2.70 bits per heavy atom. The van der Waals surface area contributed by atoms with Crippen LogP contribution in [-0.2, 0) is 9.47 Å². The molecule has 1 saturated carbocycles. The average Bonchev–Trinajstić information content (AvgIpc) is 3.31. The van der Waals surface area contributed by atoms with Gasteiger partial charge in [-0.2, -0.15) is 10.4 Å². The Bertz CT molecular complexity index is 1340. The molecule has 3 aromatic heterocycles. The first-order valence-electron chi connectivity index (χ1n) is 13.8. The number of amides is 1. The maximum absolute atomic E-state index is 12.5. The van der Waals surface area contributed by atoms with E-state index in [1.807, 2.05) is 66.2 Å². The summed E-state index contributed by atoms with van der Waals surface area (Å²) < 4.78 is 19.2. The third-order valence-electron chi connectivity index (χ3n) is 6.90. The van der Waals surface area contributed by atoms with Crippen LogP contribution in [0.5, 0.6) is 5.75 Å². The third kappa shape index (κ3) is 7.29. The molecule has 0 radical (unpaired) electrons. The van der Waals surface area contributed by atoms with Crippen molar-refractivity contribution in [2.24, 2.45) is 0 Å². The summed E-state index contributed by atoms with van der Waals surface area (Å²) in [5, 5.41) is 17.0. The zero-order valence-corrected chi connectivity index (χ0v) is 24.3. The molecule has 10 nitrogen and oxygen atoms in total. The lowest BCUT2D eigenvalue weighted by Gasteiger charge is -2.36. The van der Waals surface area contributed by atoms with Crippen LogP contribution in [0.4, 0.5) is 4.79 Å². The van der Waals surface area contributed by atoms with Gasteiger partial charge in [0, 0.05) is 35.5 Å². The molecule has 3 heterocycles. The van der Waals surface area contributed by atoms with Crippen LogP contribution in [0, 0.1) is 11.3 Å². The van der Waals surface area contributed by atoms with Gasteiger partial charge in [0.1, 0.15) is 17.4 Å². The van der Waals surface area contributed by atoms with Crippen molar-refractivity contribution >= 4 is 11.6 Å². The number of aromatic nitrogens is 3. The maximum atomic E-state index is 12.5. The minimum absolute atomic E-state index is 0.131. The van der Waals surface area contributed by atoms with Crippen molar-refractivity contribution in [2.75, 3.05) is 33.9 Å². The molecule has 3 aromatic rings. The van der Waals surface area contributed by atoms with Crippen molar-refractivity contribution in [3.05, 3.63) is 48.0 Å². The number of nitrogens with zero attached hydrogens (tertiary/aromatic N) is 5. The molecule has 1 amide bonds. The van der Waals surface area contributed by atoms with Gasteiger partial charge in [0.25, 0.3) is 0 Å². The van der Waals surface area contributed by atoms with E-state index in [-0.39, 0.29) is 18.1 Å². The van der Waals surface area contributed by atoms with E-state index < -0.39 is 11.7 Å². The first-order chi connectivity index (χ1) is 19.1. The average molecular weight is 549 g/mol. The van der Waals surface area contributed by atoms with E-state index in [0.717, 1.165) is 48.1 Å². The molecule has 40 heavy (non-hydrogen) atoms. The van der Waals surface area contributed by atoms with Gasteiger partial charge in [-0.25, -0.2) is 9.31 Å². The minimum Gasteiger partial charge on any atom is -0.492 e. The minimum atomic E-state index is -0.563. The molecular formula is C30H40N6O4. The molecule has 0 aromatic carbocycles. The highest BCUT2D eigenvalue weighted by molar-refractivity contribution is 5.85. The van der Waals surface area contributed by atoms with E-state index in [9.17, 15) is 10.1 Å². The number of carbonyl (C=O) groups excluding carboxylic acids is 1. The van der Waals surface area contributed by atoms with Crippen LogP contribution in [0.3, 0.4) is 0 Å². The molecule has 10 heteroatoms. The van der Waals surface area contributed by atoms with Crippen LogP contribution in [-0.4, -0.2) is 77.2 Å². The summed E-state index contributed by atoms with van der Waals surface area (Å²) in [6.07, 6.45) is 7.00. The van der Waals surface area contributed by atoms with Gasteiger partial charge in [0.2, 0.25) is 0 Å². The molecule has 0 saturated heterocycles. The second-order valence-corrected chi connectivity index (χ2v) is 11.4. The number of hydrogen-bond acceptors (Lipinski definition) is 8. The summed E-state index contributed by atoms with van der Waals surface area (Å²) in [6, 6.07) is 8.11. The lowest BCUT2D eigenvalue weighted by Crippen LogP contribution is -2.49. The quantitative estimate of drug-likeness (QED) is 0.407. The van der Waals surface area contributed by atoms with Gasteiger partial charge in [-0.05, 0) is 73.2 Å². The van der Waals surface area contributed by atoms with E-state index in [0.29, 0.717) is 24.5 Å². The zero-order chi connectivity index (χ0) is 28.9. The number of alkyl carbamates (subject to hydrolysis) is 1. The number of pyridine rings is 2. The predicted molar refractivity (Wildman–Crippen MR) is 152 cm³/mol. The van der Waals surface area contributed by atoms with Crippen molar-refractivity contribution < 1.29 is 19.0 Å². The largest absolute Gasteiger partial charge is 0.492 e. The van der Waals surface area contributed by atoms with Crippen molar-refractivity contribution in [2.45, 2.75) is 70.6 Å². The van der Waals surface area contributed by atoms with Gasteiger partial charge in [-0.15, -0.1) is 0 Å². The lowest BCUT2D eigenvalue weighted by molar-refractivity contribution is -0.0117. The molecule has 3 atom stereocenters. The third-order valence-corrected chi connectivity index (χ3v) is 6.90. The van der Waals surface area contributed by atoms with Crippen molar-refractivity contribution in [3.8, 4) is 22.9 Å². The van der Waals surface area contributed by atoms with Crippen LogP contribution in [0.25, 0.3) is 16.6 Å². The molecule has 214 valence electrons. The zero-order valence-electron chi connectivity index (χ0n) is 24.3. The Kier molecular flexibility index (Phi) is 9.28. The van der Waals surface area contributed by atoms with Gasteiger partial charge >= 0.3 is 6.09 Å². The molecule has 0 aliphatic heterocycles. The fourth-order valence-electron chi connectivity index (χ4n) is 5.04. The van der Waals surface area contributed by atoms with Gasteiger partial charge in [-0.1, -0.05) is 6.07 Å². The Morgan fingerprint density at radius 2 is 2.05 bits per heavy atom. The molecule has 1 aliphatic carbocycles. The number of ether oxygens (including phenoxy) is 3. The van der Waals surface area contributed by atoms with Crippen molar-refractivity contribution in [1.29, 1.82) is 5.26 Å². The summed E-state index contributed by atoms with van der Waals surface area (Å²) in [4.78, 5) is 19.4. The number of fused-ring (bicyclic) bond motifs is 1. The first kappa shape index (κ1) is 29.3. The number of likely N-dealkylation sites (N-methyl/N-ethyl adjacent to an activating group) is 1. The van der Waals surface area contributed by atoms with Crippen LogP contribution in [0.15, 0.2) is 36.8 Å². The van der Waals surface area contributed by atoms with Gasteiger partial charge < -0.3 is 24.4 Å². The van der Waals surface area contributed by atoms with E-state index in [2.05, 4.69) is 21.4 Å². The topological polar surface area (TPSA) is 114 Å². The van der Waals surface area contributed by atoms with Crippen LogP contribution < -0.4 is 10.1 Å². The fraction of sp³-hybridized carbons (Fsp3) is 0.533. The van der Waals surface area contributed by atoms with Crippen LogP contribution >= 0.6 is 0 Å². The molecule has 0 spiro atoms. The Morgan fingerprint density at radius 1 is 1.25 bits per heavy atom. The molecule has 1 aliphatic rings. The maximum Gasteiger partial charge on any atom is 0.407 e. The molecule has 1 fully saturated rings. The second kappa shape index (κ2) is 12.7. The Labute approximate surface area is 236 Å². The molecule has 1 N–H and O–H groups in total. The van der Waals surface area contributed by atoms with Gasteiger partial charge in [-0.3, -0.25) is 4.98 Å². The lowest BCUT2D eigenvalue weighted by atomic mass is 9.81. The number of nitrogens with one attached hydrogen (secondary N) is 1. The summed E-state index contributed by atoms with van der Waals surface area (Å²) in [7, 11) is 4.02. The monoisotopic (exact) mass is 548 g/mol. The van der Waals surface area contributed by atoms with E-state index in [4.69, 9.17) is 19.2 Å². The van der Waals surface area contributed by atoms with Crippen LogP contribution in [0.2, 0.25) is 0 Å². The standard InChI is InChI=1S/C30H40N6O4/c1-7-38-23-15-24(28-22(16-31)18-33-36(28)19-23)21-9-10-25(32-17-21)20-8-11-26(34-29(37)40-30(2,3)4)27(14-20)39-13-12-35(5)6/h9-10,15,17-20,26-27H,7-8,11-14H2,1-6H3,(H,34,37)/t20?,26-,27-/m0/s1. The highest BCUT2D eigenvalue weighted by atomic mass is 16.6. The summed E-state index contributed by atoms with van der Waals surface area (Å²) in [6.45, 7) is 9.39. The fourth-order valence-corrected chi connectivity index (χ4v) is 5.04. The SMILES string of the molecule is CCOc1cc(-c2ccc(C3CC[C@H](NC(=O)OC(C)(C)C)[C@@H](OCCN(C)C)C3)nc2)c2c(C#N)cnn2c1. The first-order valence-corrected chi connectivity index (χ1v) is 13.8. The Balaban J connectivity index is 1.54. The smallest absolute Gasteiger partial charge is 0.407 e. The highest BCUT2D eigenvalue weighted by Gasteiger charge is 2.34. The molecule has 0 bridgehead atoms. The number of nitriles is 1. The van der Waals surface area contributed by atoms with Crippen LogP contribution in [0.1, 0.15) is 64.1 Å².